The number of rotatable bonds is 5. The van der Waals surface area contributed by atoms with Gasteiger partial charge in [-0.05, 0) is 37.1 Å². The summed E-state index contributed by atoms with van der Waals surface area (Å²) >= 11 is 0. The highest BCUT2D eigenvalue weighted by molar-refractivity contribution is 5.92. The molecule has 0 radical (unpaired) electrons. The number of carbonyl (C=O) groups excluding carboxylic acids is 1. The van der Waals surface area contributed by atoms with Gasteiger partial charge in [0.2, 0.25) is 0 Å². The van der Waals surface area contributed by atoms with Crippen LogP contribution in [0.5, 0.6) is 0 Å². The molecule has 1 aromatic heterocycles. The van der Waals surface area contributed by atoms with Crippen molar-refractivity contribution < 1.29 is 13.9 Å². The van der Waals surface area contributed by atoms with Crippen LogP contribution in [0.2, 0.25) is 0 Å². The van der Waals surface area contributed by atoms with Gasteiger partial charge in [-0.15, -0.1) is 0 Å². The van der Waals surface area contributed by atoms with Crippen LogP contribution in [0.4, 0.5) is 15.9 Å². The van der Waals surface area contributed by atoms with Gasteiger partial charge in [-0.25, -0.2) is 14.4 Å². The lowest BCUT2D eigenvalue weighted by Crippen LogP contribution is -2.49. The van der Waals surface area contributed by atoms with E-state index < -0.39 is 0 Å². The number of amides is 1. The van der Waals surface area contributed by atoms with Gasteiger partial charge in [-0.2, -0.15) is 0 Å². The highest BCUT2D eigenvalue weighted by Crippen LogP contribution is 2.18. The Bertz CT molecular complexity index is 785. The summed E-state index contributed by atoms with van der Waals surface area (Å²) in [5, 5.41) is 3.20. The monoisotopic (exact) mass is 385 g/mol. The van der Waals surface area contributed by atoms with Crippen LogP contribution in [0.1, 0.15) is 23.3 Å². The normalized spacial score (nSPS) is 19.7. The first-order chi connectivity index (χ1) is 13.7. The molecular formula is C20H24FN5O2. The summed E-state index contributed by atoms with van der Waals surface area (Å²) in [6, 6.07) is 6.44. The molecule has 3 heterocycles. The molecular weight excluding hydrogens is 361 g/mol. The number of hydrogen-bond acceptors (Lipinski definition) is 6. The van der Waals surface area contributed by atoms with Gasteiger partial charge in [0, 0.05) is 45.0 Å². The Morgan fingerprint density at radius 1 is 1.14 bits per heavy atom. The molecule has 1 amide bonds. The highest BCUT2D eigenvalue weighted by Gasteiger charge is 2.23. The second-order valence-electron chi connectivity index (χ2n) is 7.06. The number of anilines is 2. The van der Waals surface area contributed by atoms with E-state index in [1.807, 2.05) is 0 Å². The number of piperazine rings is 1. The van der Waals surface area contributed by atoms with Crippen molar-refractivity contribution in [1.29, 1.82) is 0 Å². The van der Waals surface area contributed by atoms with E-state index in [-0.39, 0.29) is 17.8 Å². The Balaban J connectivity index is 1.29. The summed E-state index contributed by atoms with van der Waals surface area (Å²) in [6.07, 6.45) is 5.49. The highest BCUT2D eigenvalue weighted by atomic mass is 19.1. The van der Waals surface area contributed by atoms with Crippen molar-refractivity contribution >= 4 is 17.4 Å². The van der Waals surface area contributed by atoms with Crippen LogP contribution >= 0.6 is 0 Å². The van der Waals surface area contributed by atoms with E-state index in [9.17, 15) is 9.18 Å². The minimum absolute atomic E-state index is 0.114. The zero-order valence-electron chi connectivity index (χ0n) is 15.7. The molecule has 0 bridgehead atoms. The van der Waals surface area contributed by atoms with Gasteiger partial charge in [0.05, 0.1) is 18.5 Å². The summed E-state index contributed by atoms with van der Waals surface area (Å²) in [5.41, 5.74) is 1.31. The number of nitrogens with zero attached hydrogens (tertiary/aromatic N) is 4. The van der Waals surface area contributed by atoms with Crippen LogP contribution in [0.25, 0.3) is 0 Å². The quantitative estimate of drug-likeness (QED) is 0.851. The maximum Gasteiger partial charge on any atom is 0.274 e. The molecule has 1 atom stereocenters. The topological polar surface area (TPSA) is 70.6 Å². The average molecular weight is 385 g/mol. The largest absolute Gasteiger partial charge is 0.376 e. The average Bonchev–Trinajstić information content (AvgIpc) is 3.27. The van der Waals surface area contributed by atoms with E-state index in [1.165, 1.54) is 18.3 Å². The number of ether oxygens (including phenoxy) is 1. The molecule has 1 aromatic carbocycles. The molecule has 2 fully saturated rings. The van der Waals surface area contributed by atoms with Crippen molar-refractivity contribution in [3.63, 3.8) is 0 Å². The number of carbonyl (C=O) groups is 1. The number of halogens is 1. The fraction of sp³-hybridized carbons (Fsp3) is 0.450. The SMILES string of the molecule is O=C(c1cnc(NCC2CCCO2)cn1)N1CCN(c2ccc(F)cc2)CC1. The lowest BCUT2D eigenvalue weighted by molar-refractivity contribution is 0.0740. The molecule has 148 valence electrons. The van der Waals surface area contributed by atoms with Crippen molar-refractivity contribution in [2.75, 3.05) is 49.5 Å². The summed E-state index contributed by atoms with van der Waals surface area (Å²) in [4.78, 5) is 25.2. The summed E-state index contributed by atoms with van der Waals surface area (Å²) in [6.45, 7) is 4.11. The molecule has 28 heavy (non-hydrogen) atoms. The zero-order chi connectivity index (χ0) is 19.3. The van der Waals surface area contributed by atoms with Gasteiger partial charge in [0.25, 0.3) is 5.91 Å². The minimum atomic E-state index is -0.246. The predicted molar refractivity (Wildman–Crippen MR) is 104 cm³/mol. The van der Waals surface area contributed by atoms with Crippen molar-refractivity contribution in [3.8, 4) is 0 Å². The molecule has 7 nitrogen and oxygen atoms in total. The van der Waals surface area contributed by atoms with E-state index in [2.05, 4.69) is 20.2 Å². The van der Waals surface area contributed by atoms with Gasteiger partial charge in [0.1, 0.15) is 17.3 Å². The fourth-order valence-corrected chi connectivity index (χ4v) is 3.54. The third-order valence-electron chi connectivity index (χ3n) is 5.16. The van der Waals surface area contributed by atoms with E-state index in [0.29, 0.717) is 44.2 Å². The molecule has 2 saturated heterocycles. The minimum Gasteiger partial charge on any atom is -0.376 e. The van der Waals surface area contributed by atoms with Crippen LogP contribution in [-0.4, -0.2) is 66.2 Å². The molecule has 1 unspecified atom stereocenters. The van der Waals surface area contributed by atoms with Gasteiger partial charge >= 0.3 is 0 Å². The Kier molecular flexibility index (Phi) is 5.66. The van der Waals surface area contributed by atoms with Crippen LogP contribution in [0, 0.1) is 5.82 Å². The van der Waals surface area contributed by atoms with E-state index in [0.717, 1.165) is 25.1 Å². The van der Waals surface area contributed by atoms with Crippen molar-refractivity contribution in [2.45, 2.75) is 18.9 Å². The summed E-state index contributed by atoms with van der Waals surface area (Å²) in [5.74, 6) is 0.287. The van der Waals surface area contributed by atoms with Crippen LogP contribution in [0.15, 0.2) is 36.7 Å². The molecule has 4 rings (SSSR count). The third kappa shape index (κ3) is 4.39. The predicted octanol–water partition coefficient (Wildman–Crippen LogP) is 2.17. The maximum atomic E-state index is 13.1. The van der Waals surface area contributed by atoms with Gasteiger partial charge < -0.3 is 19.9 Å². The van der Waals surface area contributed by atoms with Crippen LogP contribution in [0.3, 0.4) is 0 Å². The fourth-order valence-electron chi connectivity index (χ4n) is 3.54. The maximum absolute atomic E-state index is 13.1. The standard InChI is InChI=1S/C20H24FN5O2/c21-15-3-5-16(6-4-15)25-7-9-26(10-8-25)20(27)18-13-24-19(14-22-18)23-12-17-2-1-11-28-17/h3-6,13-14,17H,1-2,7-12H2,(H,23,24). The smallest absolute Gasteiger partial charge is 0.274 e. The molecule has 1 N–H and O–H groups in total. The number of nitrogens with one attached hydrogen (secondary N) is 1. The van der Waals surface area contributed by atoms with E-state index >= 15 is 0 Å². The van der Waals surface area contributed by atoms with E-state index in [4.69, 9.17) is 4.74 Å². The molecule has 0 saturated carbocycles. The summed E-state index contributed by atoms with van der Waals surface area (Å²) < 4.78 is 18.6. The summed E-state index contributed by atoms with van der Waals surface area (Å²) in [7, 11) is 0. The second-order valence-corrected chi connectivity index (χ2v) is 7.06. The molecule has 8 heteroatoms. The first-order valence-electron chi connectivity index (χ1n) is 9.66. The van der Waals surface area contributed by atoms with Crippen LogP contribution < -0.4 is 10.2 Å². The molecule has 0 spiro atoms. The first kappa shape index (κ1) is 18.6. The Morgan fingerprint density at radius 3 is 2.57 bits per heavy atom. The van der Waals surface area contributed by atoms with E-state index in [1.54, 1.807) is 23.2 Å². The Labute approximate surface area is 163 Å². The molecule has 2 aromatic rings. The number of aromatic nitrogens is 2. The third-order valence-corrected chi connectivity index (χ3v) is 5.16. The number of hydrogen-bond donors (Lipinski definition) is 1. The van der Waals surface area contributed by atoms with Gasteiger partial charge in [-0.1, -0.05) is 0 Å². The zero-order valence-corrected chi connectivity index (χ0v) is 15.7. The lowest BCUT2D eigenvalue weighted by atomic mass is 10.2. The van der Waals surface area contributed by atoms with Crippen molar-refractivity contribution in [2.24, 2.45) is 0 Å². The molecule has 2 aliphatic heterocycles. The number of benzene rings is 1. The van der Waals surface area contributed by atoms with Gasteiger partial charge in [0.15, 0.2) is 0 Å². The Morgan fingerprint density at radius 2 is 1.93 bits per heavy atom. The lowest BCUT2D eigenvalue weighted by Gasteiger charge is -2.35. The molecule has 2 aliphatic rings. The van der Waals surface area contributed by atoms with Crippen molar-refractivity contribution in [1.82, 2.24) is 14.9 Å². The van der Waals surface area contributed by atoms with Crippen LogP contribution in [-0.2, 0) is 4.74 Å². The second kappa shape index (κ2) is 8.52. The Hall–Kier alpha value is -2.74. The van der Waals surface area contributed by atoms with Gasteiger partial charge in [-0.3, -0.25) is 4.79 Å². The first-order valence-corrected chi connectivity index (χ1v) is 9.66. The molecule has 0 aliphatic carbocycles. The van der Waals surface area contributed by atoms with Crippen molar-refractivity contribution in [3.05, 3.63) is 48.2 Å².